The lowest BCUT2D eigenvalue weighted by Gasteiger charge is -2.15. The van der Waals surface area contributed by atoms with Crippen molar-refractivity contribution in [1.82, 2.24) is 0 Å². The Kier molecular flexibility index (Phi) is 6.98. The summed E-state index contributed by atoms with van der Waals surface area (Å²) in [5.74, 6) is 1.57. The highest BCUT2D eigenvalue weighted by Gasteiger charge is 2.15. The quantitative estimate of drug-likeness (QED) is 0.544. The summed E-state index contributed by atoms with van der Waals surface area (Å²) in [7, 11) is 1.54. The first kappa shape index (κ1) is 20.6. The fourth-order valence-corrected chi connectivity index (χ4v) is 2.86. The van der Waals surface area contributed by atoms with Crippen LogP contribution in [0, 0.1) is 0 Å². The van der Waals surface area contributed by atoms with E-state index in [0.29, 0.717) is 28.8 Å². The van der Waals surface area contributed by atoms with Crippen LogP contribution in [0.25, 0.3) is 0 Å². The number of carbonyl (C=O) groups is 1. The second-order valence-corrected chi connectivity index (χ2v) is 6.75. The number of carbonyl (C=O) groups excluding carboxylic acids is 1. The fourth-order valence-electron chi connectivity index (χ4n) is 2.60. The number of hydrogen-bond donors (Lipinski definition) is 1. The van der Waals surface area contributed by atoms with E-state index in [1.807, 2.05) is 42.5 Å². The van der Waals surface area contributed by atoms with E-state index in [9.17, 15) is 4.79 Å². The second kappa shape index (κ2) is 9.85. The second-order valence-electron chi connectivity index (χ2n) is 6.34. The largest absolute Gasteiger partial charge is 0.495 e. The minimum absolute atomic E-state index is 0.282. The summed E-state index contributed by atoms with van der Waals surface area (Å²) in [6, 6.07) is 22.1. The molecule has 0 spiro atoms. The zero-order valence-corrected chi connectivity index (χ0v) is 17.0. The van der Waals surface area contributed by atoms with Crippen LogP contribution in [-0.2, 0) is 11.4 Å². The Labute approximate surface area is 175 Å². The van der Waals surface area contributed by atoms with Crippen molar-refractivity contribution in [3.8, 4) is 17.2 Å². The molecule has 1 unspecified atom stereocenters. The molecule has 1 N–H and O–H groups in total. The van der Waals surface area contributed by atoms with Crippen molar-refractivity contribution in [2.45, 2.75) is 19.6 Å². The first-order valence-electron chi connectivity index (χ1n) is 9.13. The van der Waals surface area contributed by atoms with Crippen LogP contribution >= 0.6 is 11.6 Å². The molecule has 150 valence electrons. The molecule has 1 amide bonds. The van der Waals surface area contributed by atoms with E-state index in [0.717, 1.165) is 11.3 Å². The lowest BCUT2D eigenvalue weighted by Crippen LogP contribution is -2.30. The summed E-state index contributed by atoms with van der Waals surface area (Å²) < 4.78 is 16.6. The number of benzene rings is 3. The Morgan fingerprint density at radius 1 is 1.00 bits per heavy atom. The Morgan fingerprint density at radius 2 is 1.69 bits per heavy atom. The first-order valence-corrected chi connectivity index (χ1v) is 9.51. The molecule has 0 saturated heterocycles. The first-order chi connectivity index (χ1) is 14.0. The van der Waals surface area contributed by atoms with Crippen LogP contribution in [0.5, 0.6) is 17.2 Å². The molecule has 1 atom stereocenters. The van der Waals surface area contributed by atoms with E-state index < -0.39 is 6.10 Å². The molecular weight excluding hydrogens is 390 g/mol. The zero-order chi connectivity index (χ0) is 20.6. The molecule has 0 aliphatic heterocycles. The Bertz CT molecular complexity index is 945. The summed E-state index contributed by atoms with van der Waals surface area (Å²) >= 11 is 6.08. The Hall–Kier alpha value is -3.18. The minimum Gasteiger partial charge on any atom is -0.495 e. The Morgan fingerprint density at radius 3 is 2.34 bits per heavy atom. The standard InChI is InChI=1S/C23H22ClNO4/c1-16(23(26)25-18-8-13-22(27-2)21(24)14-18)29-20-11-9-19(10-12-20)28-15-17-6-4-3-5-7-17/h3-14,16H,15H2,1-2H3,(H,25,26). The third-order valence-electron chi connectivity index (χ3n) is 4.17. The number of methoxy groups -OCH3 is 1. The normalized spacial score (nSPS) is 11.4. The van der Waals surface area contributed by atoms with Gasteiger partial charge in [0, 0.05) is 5.69 Å². The predicted molar refractivity (Wildman–Crippen MR) is 114 cm³/mol. The van der Waals surface area contributed by atoms with Crippen molar-refractivity contribution in [2.24, 2.45) is 0 Å². The smallest absolute Gasteiger partial charge is 0.265 e. The summed E-state index contributed by atoms with van der Waals surface area (Å²) in [6.07, 6.45) is -0.688. The third-order valence-corrected chi connectivity index (χ3v) is 4.47. The monoisotopic (exact) mass is 411 g/mol. The maximum Gasteiger partial charge on any atom is 0.265 e. The molecule has 0 heterocycles. The molecule has 0 aliphatic carbocycles. The predicted octanol–water partition coefficient (Wildman–Crippen LogP) is 5.33. The lowest BCUT2D eigenvalue weighted by molar-refractivity contribution is -0.122. The number of rotatable bonds is 8. The van der Waals surface area contributed by atoms with Gasteiger partial charge in [-0.25, -0.2) is 0 Å². The molecule has 3 rings (SSSR count). The van der Waals surface area contributed by atoms with E-state index >= 15 is 0 Å². The number of hydrogen-bond acceptors (Lipinski definition) is 4. The van der Waals surface area contributed by atoms with Gasteiger partial charge in [-0.1, -0.05) is 41.9 Å². The molecule has 5 nitrogen and oxygen atoms in total. The summed E-state index contributed by atoms with van der Waals surface area (Å²) in [6.45, 7) is 2.17. The van der Waals surface area contributed by atoms with E-state index in [1.165, 1.54) is 7.11 Å². The number of amides is 1. The van der Waals surface area contributed by atoms with Gasteiger partial charge in [0.05, 0.1) is 12.1 Å². The van der Waals surface area contributed by atoms with Gasteiger partial charge >= 0.3 is 0 Å². The lowest BCUT2D eigenvalue weighted by atomic mass is 10.2. The van der Waals surface area contributed by atoms with Crippen molar-refractivity contribution in [3.63, 3.8) is 0 Å². The van der Waals surface area contributed by atoms with E-state index in [-0.39, 0.29) is 5.91 Å². The SMILES string of the molecule is COc1ccc(NC(=O)C(C)Oc2ccc(OCc3ccccc3)cc2)cc1Cl. The van der Waals surface area contributed by atoms with Crippen molar-refractivity contribution >= 4 is 23.2 Å². The van der Waals surface area contributed by atoms with E-state index in [4.69, 9.17) is 25.8 Å². The number of nitrogens with one attached hydrogen (secondary N) is 1. The molecule has 0 fully saturated rings. The van der Waals surface area contributed by atoms with Crippen LogP contribution in [0.2, 0.25) is 5.02 Å². The third kappa shape index (κ3) is 5.90. The number of halogens is 1. The van der Waals surface area contributed by atoms with Crippen molar-refractivity contribution in [1.29, 1.82) is 0 Å². The van der Waals surface area contributed by atoms with Gasteiger partial charge < -0.3 is 19.5 Å². The molecule has 29 heavy (non-hydrogen) atoms. The van der Waals surface area contributed by atoms with Gasteiger partial charge in [0.15, 0.2) is 6.10 Å². The van der Waals surface area contributed by atoms with Gasteiger partial charge in [-0.05, 0) is 55.0 Å². The number of anilines is 1. The topological polar surface area (TPSA) is 56.8 Å². The van der Waals surface area contributed by atoms with Crippen LogP contribution in [0.15, 0.2) is 72.8 Å². The molecule has 0 bridgehead atoms. The molecule has 0 radical (unpaired) electrons. The van der Waals surface area contributed by atoms with E-state index in [1.54, 1.807) is 37.3 Å². The average molecular weight is 412 g/mol. The highest BCUT2D eigenvalue weighted by atomic mass is 35.5. The molecule has 6 heteroatoms. The van der Waals surface area contributed by atoms with Crippen LogP contribution in [0.1, 0.15) is 12.5 Å². The summed E-state index contributed by atoms with van der Waals surface area (Å²) in [5.41, 5.74) is 1.66. The minimum atomic E-state index is -0.688. The molecular formula is C23H22ClNO4. The molecule has 3 aromatic carbocycles. The average Bonchev–Trinajstić information content (AvgIpc) is 2.74. The van der Waals surface area contributed by atoms with Gasteiger partial charge in [0.2, 0.25) is 0 Å². The Balaban J connectivity index is 1.52. The van der Waals surface area contributed by atoms with Gasteiger partial charge in [-0.3, -0.25) is 4.79 Å². The zero-order valence-electron chi connectivity index (χ0n) is 16.2. The molecule has 0 saturated carbocycles. The molecule has 3 aromatic rings. The van der Waals surface area contributed by atoms with Crippen molar-refractivity contribution in [2.75, 3.05) is 12.4 Å². The van der Waals surface area contributed by atoms with Crippen LogP contribution in [0.3, 0.4) is 0 Å². The van der Waals surface area contributed by atoms with Gasteiger partial charge in [0.25, 0.3) is 5.91 Å². The maximum atomic E-state index is 12.4. The highest BCUT2D eigenvalue weighted by Crippen LogP contribution is 2.27. The fraction of sp³-hybridized carbons (Fsp3) is 0.174. The van der Waals surface area contributed by atoms with Gasteiger partial charge in [-0.2, -0.15) is 0 Å². The van der Waals surface area contributed by atoms with Crippen molar-refractivity contribution in [3.05, 3.63) is 83.4 Å². The van der Waals surface area contributed by atoms with E-state index in [2.05, 4.69) is 5.32 Å². The van der Waals surface area contributed by atoms with Crippen molar-refractivity contribution < 1.29 is 19.0 Å². The van der Waals surface area contributed by atoms with Crippen LogP contribution in [-0.4, -0.2) is 19.1 Å². The highest BCUT2D eigenvalue weighted by molar-refractivity contribution is 6.32. The molecule has 0 aliphatic rings. The number of ether oxygens (including phenoxy) is 3. The van der Waals surface area contributed by atoms with Gasteiger partial charge in [0.1, 0.15) is 23.9 Å². The van der Waals surface area contributed by atoms with Crippen LogP contribution < -0.4 is 19.5 Å². The maximum absolute atomic E-state index is 12.4. The summed E-state index contributed by atoms with van der Waals surface area (Å²) in [4.78, 5) is 12.4. The van der Waals surface area contributed by atoms with Gasteiger partial charge in [-0.15, -0.1) is 0 Å². The van der Waals surface area contributed by atoms with Crippen LogP contribution in [0.4, 0.5) is 5.69 Å². The molecule has 0 aromatic heterocycles. The summed E-state index contributed by atoms with van der Waals surface area (Å²) in [5, 5.41) is 3.20.